The Morgan fingerprint density at radius 2 is 1.19 bits per heavy atom. The van der Waals surface area contributed by atoms with Gasteiger partial charge >= 0.3 is 7.82 Å². The molecule has 98 valence electrons. The Morgan fingerprint density at radius 1 is 0.750 bits per heavy atom. The zero-order chi connectivity index (χ0) is 12.3. The van der Waals surface area contributed by atoms with Crippen molar-refractivity contribution in [2.24, 2.45) is 0 Å². The number of hydrogen-bond acceptors (Lipinski definition) is 4. The minimum Gasteiger partial charge on any atom is -0.287 e. The predicted molar refractivity (Wildman–Crippen MR) is 65.6 cm³/mol. The quantitative estimate of drug-likeness (QED) is 0.409. The van der Waals surface area contributed by atoms with Gasteiger partial charge in [0.05, 0.1) is 19.8 Å². The van der Waals surface area contributed by atoms with Gasteiger partial charge in [-0.2, -0.15) is 0 Å². The highest BCUT2D eigenvalue weighted by Crippen LogP contribution is 2.49. The summed E-state index contributed by atoms with van der Waals surface area (Å²) >= 11 is 0. The van der Waals surface area contributed by atoms with Crippen molar-refractivity contribution in [2.75, 3.05) is 19.8 Å². The molecule has 0 aromatic rings. The van der Waals surface area contributed by atoms with Gasteiger partial charge in [0, 0.05) is 0 Å². The van der Waals surface area contributed by atoms with E-state index in [0.29, 0.717) is 19.8 Å². The molecule has 5 heteroatoms. The van der Waals surface area contributed by atoms with Crippen molar-refractivity contribution >= 4 is 7.82 Å². The third-order valence-corrected chi connectivity index (χ3v) is 3.44. The van der Waals surface area contributed by atoms with Crippen molar-refractivity contribution in [3.05, 3.63) is 0 Å². The summed E-state index contributed by atoms with van der Waals surface area (Å²) in [4.78, 5) is 0. The van der Waals surface area contributed by atoms with Gasteiger partial charge in [-0.05, 0) is 19.3 Å². The fourth-order valence-corrected chi connectivity index (χ4v) is 2.29. The zero-order valence-electron chi connectivity index (χ0n) is 10.7. The molecule has 0 spiro atoms. The standard InChI is InChI=1S/C11H25O4P/c1-4-7-10-14-16(12,13-9-6-3)15-11-8-5-2/h4-11H2,1-3H3. The molecular weight excluding hydrogens is 227 g/mol. The van der Waals surface area contributed by atoms with Crippen LogP contribution in [0.2, 0.25) is 0 Å². The molecular formula is C11H25O4P. The largest absolute Gasteiger partial charge is 0.474 e. The third-order valence-electron chi connectivity index (χ3n) is 1.95. The van der Waals surface area contributed by atoms with Crippen LogP contribution in [0.1, 0.15) is 52.9 Å². The van der Waals surface area contributed by atoms with E-state index >= 15 is 0 Å². The van der Waals surface area contributed by atoms with E-state index in [2.05, 4.69) is 13.8 Å². The number of rotatable bonds is 11. The van der Waals surface area contributed by atoms with Crippen LogP contribution in [-0.2, 0) is 18.1 Å². The van der Waals surface area contributed by atoms with Crippen LogP contribution in [0.3, 0.4) is 0 Å². The van der Waals surface area contributed by atoms with Gasteiger partial charge in [0.1, 0.15) is 0 Å². The summed E-state index contributed by atoms with van der Waals surface area (Å²) in [7, 11) is -3.30. The molecule has 0 bridgehead atoms. The summed E-state index contributed by atoms with van der Waals surface area (Å²) in [5, 5.41) is 0. The van der Waals surface area contributed by atoms with Crippen LogP contribution in [0, 0.1) is 0 Å². The summed E-state index contributed by atoms with van der Waals surface area (Å²) in [6.07, 6.45) is 4.55. The highest BCUT2D eigenvalue weighted by atomic mass is 31.2. The van der Waals surface area contributed by atoms with Gasteiger partial charge in [-0.3, -0.25) is 13.6 Å². The first kappa shape index (κ1) is 16.1. The van der Waals surface area contributed by atoms with Crippen LogP contribution in [0.15, 0.2) is 0 Å². The van der Waals surface area contributed by atoms with E-state index in [9.17, 15) is 4.57 Å². The molecule has 0 atom stereocenters. The molecule has 0 saturated heterocycles. The Morgan fingerprint density at radius 3 is 1.56 bits per heavy atom. The topological polar surface area (TPSA) is 44.8 Å². The molecule has 0 amide bonds. The Bertz CT molecular complexity index is 182. The van der Waals surface area contributed by atoms with Crippen LogP contribution in [-0.4, -0.2) is 19.8 Å². The van der Waals surface area contributed by atoms with Gasteiger partial charge < -0.3 is 0 Å². The van der Waals surface area contributed by atoms with Crippen molar-refractivity contribution in [1.29, 1.82) is 0 Å². The highest BCUT2D eigenvalue weighted by Gasteiger charge is 2.25. The lowest BCUT2D eigenvalue weighted by Gasteiger charge is -2.17. The molecule has 0 aliphatic rings. The van der Waals surface area contributed by atoms with Gasteiger partial charge in [-0.25, -0.2) is 4.57 Å². The monoisotopic (exact) mass is 252 g/mol. The Labute approximate surface area is 99.3 Å². The first-order chi connectivity index (χ1) is 7.68. The van der Waals surface area contributed by atoms with Gasteiger partial charge in [0.25, 0.3) is 0 Å². The molecule has 0 fully saturated rings. The molecule has 0 saturated carbocycles. The van der Waals surface area contributed by atoms with Crippen LogP contribution in [0.4, 0.5) is 0 Å². The number of unbranched alkanes of at least 4 members (excludes halogenated alkanes) is 2. The third kappa shape index (κ3) is 8.28. The fraction of sp³-hybridized carbons (Fsp3) is 1.00. The average Bonchev–Trinajstić information content (AvgIpc) is 2.27. The van der Waals surface area contributed by atoms with E-state index < -0.39 is 7.82 Å². The summed E-state index contributed by atoms with van der Waals surface area (Å²) in [5.74, 6) is 0. The predicted octanol–water partition coefficient (Wildman–Crippen LogP) is 4.15. The van der Waals surface area contributed by atoms with E-state index in [1.165, 1.54) is 0 Å². The lowest BCUT2D eigenvalue weighted by atomic mass is 10.4. The first-order valence-electron chi connectivity index (χ1n) is 6.22. The molecule has 0 heterocycles. The number of hydrogen-bond donors (Lipinski definition) is 0. The molecule has 0 aliphatic heterocycles. The van der Waals surface area contributed by atoms with Crippen molar-refractivity contribution in [1.82, 2.24) is 0 Å². The van der Waals surface area contributed by atoms with Crippen molar-refractivity contribution in [3.63, 3.8) is 0 Å². The minimum absolute atomic E-state index is 0.412. The molecule has 4 nitrogen and oxygen atoms in total. The Balaban J connectivity index is 3.97. The first-order valence-corrected chi connectivity index (χ1v) is 7.68. The van der Waals surface area contributed by atoms with E-state index in [-0.39, 0.29) is 0 Å². The maximum absolute atomic E-state index is 12.1. The molecule has 0 aromatic heterocycles. The Hall–Kier alpha value is 0.110. The lowest BCUT2D eigenvalue weighted by molar-refractivity contribution is 0.111. The average molecular weight is 252 g/mol. The van der Waals surface area contributed by atoms with E-state index in [1.807, 2.05) is 6.92 Å². The van der Waals surface area contributed by atoms with Crippen molar-refractivity contribution in [3.8, 4) is 0 Å². The van der Waals surface area contributed by atoms with Crippen LogP contribution >= 0.6 is 7.82 Å². The lowest BCUT2D eigenvalue weighted by Crippen LogP contribution is -2.03. The van der Waals surface area contributed by atoms with E-state index in [0.717, 1.165) is 32.1 Å². The highest BCUT2D eigenvalue weighted by molar-refractivity contribution is 7.48. The summed E-state index contributed by atoms with van der Waals surface area (Å²) in [6, 6.07) is 0. The van der Waals surface area contributed by atoms with Gasteiger partial charge in [0.15, 0.2) is 0 Å². The second kappa shape index (κ2) is 10.3. The zero-order valence-corrected chi connectivity index (χ0v) is 11.6. The normalized spacial score (nSPS) is 11.9. The molecule has 0 aliphatic carbocycles. The van der Waals surface area contributed by atoms with Gasteiger partial charge in [0.2, 0.25) is 0 Å². The van der Waals surface area contributed by atoms with Gasteiger partial charge in [-0.1, -0.05) is 33.6 Å². The smallest absolute Gasteiger partial charge is 0.287 e. The maximum Gasteiger partial charge on any atom is 0.474 e. The SMILES string of the molecule is CCCCOP(=O)(OCCC)OCCCC. The molecule has 0 rings (SSSR count). The van der Waals surface area contributed by atoms with Gasteiger partial charge in [-0.15, -0.1) is 0 Å². The summed E-state index contributed by atoms with van der Waals surface area (Å²) in [5.41, 5.74) is 0. The molecule has 0 radical (unpaired) electrons. The summed E-state index contributed by atoms with van der Waals surface area (Å²) in [6.45, 7) is 7.35. The second-order valence-corrected chi connectivity index (χ2v) is 5.32. The molecule has 0 aromatic carbocycles. The van der Waals surface area contributed by atoms with Crippen molar-refractivity contribution < 1.29 is 18.1 Å². The van der Waals surface area contributed by atoms with Crippen LogP contribution in [0.5, 0.6) is 0 Å². The van der Waals surface area contributed by atoms with E-state index in [1.54, 1.807) is 0 Å². The maximum atomic E-state index is 12.1. The molecule has 0 unspecified atom stereocenters. The van der Waals surface area contributed by atoms with E-state index in [4.69, 9.17) is 13.6 Å². The fourth-order valence-electron chi connectivity index (χ4n) is 0.956. The number of phosphoric ester groups is 1. The van der Waals surface area contributed by atoms with Crippen LogP contribution < -0.4 is 0 Å². The molecule has 16 heavy (non-hydrogen) atoms. The van der Waals surface area contributed by atoms with Crippen molar-refractivity contribution in [2.45, 2.75) is 52.9 Å². The number of phosphoric acid groups is 1. The summed E-state index contributed by atoms with van der Waals surface area (Å²) < 4.78 is 27.7. The molecule has 0 N–H and O–H groups in total. The Kier molecular flexibility index (Phi) is 10.3. The second-order valence-electron chi connectivity index (χ2n) is 3.65. The minimum atomic E-state index is -3.30. The van der Waals surface area contributed by atoms with Crippen LogP contribution in [0.25, 0.3) is 0 Å².